The van der Waals surface area contributed by atoms with Crippen LogP contribution in [-0.2, 0) is 100 Å². The number of allylic oxidation sites excluding steroid dienone is 1. The molecule has 0 radical (unpaired) electrons. The Balaban J connectivity index is 0.000000454. The van der Waals surface area contributed by atoms with Crippen molar-refractivity contribution >= 4 is 116 Å². The number of thiophene rings is 4. The predicted octanol–water partition coefficient (Wildman–Crippen LogP) is 0.178. The van der Waals surface area contributed by atoms with Gasteiger partial charge >= 0.3 is 98.8 Å². The average molecular weight is 1970 g/mol. The first kappa shape index (κ1) is 102. The maximum Gasteiger partial charge on any atom is 3.00 e. The van der Waals surface area contributed by atoms with E-state index < -0.39 is 105 Å². The van der Waals surface area contributed by atoms with Crippen molar-refractivity contribution < 1.29 is 188 Å². The van der Waals surface area contributed by atoms with Gasteiger partial charge in [0.1, 0.15) is 0 Å². The normalized spacial score (nSPS) is 11.0. The van der Waals surface area contributed by atoms with Crippen molar-refractivity contribution in [2.75, 3.05) is 78.5 Å². The van der Waals surface area contributed by atoms with E-state index in [-0.39, 0.29) is 131 Å². The van der Waals surface area contributed by atoms with E-state index in [9.17, 15) is 88.8 Å². The second kappa shape index (κ2) is 55.0. The molecule has 8 rings (SSSR count). The number of carboxylic acids is 8. The van der Waals surface area contributed by atoms with E-state index >= 15 is 0 Å². The molecule has 0 bridgehead atoms. The fourth-order valence-electron chi connectivity index (χ4n) is 12.0. The van der Waals surface area contributed by atoms with Gasteiger partial charge < -0.3 is 90.3 Å². The third kappa shape index (κ3) is 41.2. The van der Waals surface area contributed by atoms with Gasteiger partial charge in [-0.3, -0.25) is 58.9 Å². The van der Waals surface area contributed by atoms with E-state index in [1.807, 2.05) is 106 Å². The van der Waals surface area contributed by atoms with Gasteiger partial charge in [0.05, 0.1) is 93.3 Å². The van der Waals surface area contributed by atoms with E-state index in [1.165, 1.54) is 64.9 Å². The van der Waals surface area contributed by atoms with Crippen LogP contribution in [0, 0.1) is 98.8 Å². The molecule has 37 heteroatoms. The summed E-state index contributed by atoms with van der Waals surface area (Å²) in [6, 6.07) is 30.4. The minimum Gasteiger partial charge on any atom is -0.549 e. The van der Waals surface area contributed by atoms with Gasteiger partial charge in [-0.1, -0.05) is 63.1 Å². The molecule has 0 unspecified atom stereocenters. The summed E-state index contributed by atoms with van der Waals surface area (Å²) in [7, 11) is 0. The second-order valence-electron chi connectivity index (χ2n) is 26.9. The Hall–Kier alpha value is -7.04. The van der Waals surface area contributed by atoms with Crippen molar-refractivity contribution in [3.8, 4) is 41.8 Å². The molecule has 0 aliphatic carbocycles. The van der Waals surface area contributed by atoms with Crippen LogP contribution in [0.3, 0.4) is 0 Å². The largest absolute Gasteiger partial charge is 3.00 e. The van der Waals surface area contributed by atoms with E-state index in [4.69, 9.17) is 37.3 Å². The van der Waals surface area contributed by atoms with Crippen molar-refractivity contribution in [3.05, 3.63) is 188 Å². The van der Waals surface area contributed by atoms with Crippen LogP contribution >= 0.6 is 56.9 Å². The van der Waals surface area contributed by atoms with Crippen LogP contribution in [0.25, 0.3) is 41.8 Å². The number of carboxylic acid groups (broad SMARTS) is 8. The van der Waals surface area contributed by atoms with Gasteiger partial charge in [0.2, 0.25) is 11.1 Å². The topological polar surface area (TPSA) is 464 Å². The molecule has 8 aromatic heterocycles. The average Bonchev–Trinajstić information content (AvgIpc) is 1.81. The molecule has 117 heavy (non-hydrogen) atoms. The number of hydrogen-bond acceptors (Lipinski definition) is 33. The number of carbonyl (C=O) groups excluding carboxylic acids is 10. The second-order valence-corrected chi connectivity index (χ2v) is 31.1. The number of hydrogen-bond donors (Lipinski definition) is 2. The molecule has 0 aliphatic heterocycles. The Bertz CT molecular complexity index is 4230. The molecule has 0 saturated carbocycles. The number of nitrogens with zero attached hydrogens (tertiary/aromatic N) is 10. The first-order valence-electron chi connectivity index (χ1n) is 36.4. The number of halogens is 1. The number of rotatable bonds is 51. The van der Waals surface area contributed by atoms with Crippen molar-refractivity contribution in [2.24, 2.45) is 5.73 Å². The van der Waals surface area contributed by atoms with E-state index in [0.717, 1.165) is 93.1 Å². The van der Waals surface area contributed by atoms with E-state index in [1.54, 1.807) is 26.0 Å². The SMILES string of the molecule is C=C(C)C(=O)Cl.C=C(C)C(=O)NCCCCCCN(Cc1cc(-c2cccs2)cc(CN(CC(=O)[O-])CC(=O)[O-])n1)Cc1cc(-c2cccs2)cc(CN(CC(=O)[O-])CC(=O)[O-])n1.NCCCCCCN(Cc1cc(-c2cccs2)cc(CN(CC(=O)[O-])CC(=O)[O-])n1)Cc1cc(-c2cccs2)cc(CN(CC(=O)[O-])CC(=O)[O-])n1.[Eu+3].[Eu+3]. The number of pyridine rings is 4. The maximum absolute atomic E-state index is 11.9. The predicted molar refractivity (Wildman–Crippen MR) is 419 cm³/mol. The number of amides is 1. The Kier molecular flexibility index (Phi) is 48.1. The van der Waals surface area contributed by atoms with Gasteiger partial charge in [0, 0.05) is 142 Å². The summed E-state index contributed by atoms with van der Waals surface area (Å²) in [5.41, 5.74) is 14.4. The standard InChI is InChI=1S/C40H48N6O9S2.C36H44N6O8S2.C4H5ClO.2Eu/c1-27(2)40(55)41-11-5-3-4-6-12-44(19-30-15-28(34-9-7-13-56-34)17-32(42-30)21-45(23-36(47)48)24-37(49)50)20-31-16-29(35-10-8-14-57-35)18-33(43-31)22-46(25-38(51)52)26-39(53)54;37-9-3-1-2-4-10-40(17-27-13-25(31-7-5-11-51-31)15-29(38-27)19-41(21-33(43)44)22-34(45)46)18-28-14-26(32-8-6-12-52-32)16-30(39-28)20-42(23-35(47)48)24-36(49)50;1-3(2)4(5)6;;/h7-10,13-18H,1,3-6,11-12,19-26H2,2H3,(H,41,55)(H,47,48)(H,49,50)(H,51,52)(H,53,54);5-8,11-16H,1-4,9-10,17-24,37H2,(H,43,44)(H,45,46)(H,47,48)(H,49,50);1H2,2H3;;/q;;;2*+3/p-8. The van der Waals surface area contributed by atoms with Crippen molar-refractivity contribution in [3.63, 3.8) is 0 Å². The Morgan fingerprint density at radius 3 is 0.761 bits per heavy atom. The summed E-state index contributed by atoms with van der Waals surface area (Å²) in [5, 5.41) is 102. The summed E-state index contributed by atoms with van der Waals surface area (Å²) < 4.78 is 0. The maximum atomic E-state index is 11.9. The molecular weight excluding hydrogens is 1880 g/mol. The zero-order valence-electron chi connectivity index (χ0n) is 64.4. The van der Waals surface area contributed by atoms with Gasteiger partial charge in [-0.2, -0.15) is 0 Å². The molecule has 3 N–H and O–H groups in total. The molecule has 0 spiro atoms. The van der Waals surface area contributed by atoms with Gasteiger partial charge in [-0.05, 0) is 187 Å². The third-order valence-corrected chi connectivity index (χ3v) is 20.7. The number of aromatic nitrogens is 4. The Morgan fingerprint density at radius 1 is 0.359 bits per heavy atom. The minimum absolute atomic E-state index is 0. The number of aliphatic carboxylic acids is 8. The minimum atomic E-state index is -1.44. The smallest absolute Gasteiger partial charge is 0.549 e. The molecule has 0 aliphatic rings. The first-order valence-corrected chi connectivity index (χ1v) is 40.3. The quantitative estimate of drug-likeness (QED) is 0.0292. The van der Waals surface area contributed by atoms with Gasteiger partial charge in [-0.25, -0.2) is 0 Å². The van der Waals surface area contributed by atoms with Crippen molar-refractivity contribution in [2.45, 2.75) is 118 Å². The van der Waals surface area contributed by atoms with Crippen LogP contribution in [0.15, 0.2) is 143 Å². The zero-order valence-corrected chi connectivity index (χ0v) is 73.3. The molecule has 0 atom stereocenters. The van der Waals surface area contributed by atoms with Crippen LogP contribution in [0.1, 0.15) is 111 Å². The van der Waals surface area contributed by atoms with Crippen LogP contribution in [0.4, 0.5) is 0 Å². The zero-order chi connectivity index (χ0) is 83.9. The monoisotopic (exact) mass is 1970 g/mol. The summed E-state index contributed by atoms with van der Waals surface area (Å²) >= 11 is 10.9. The third-order valence-electron chi connectivity index (χ3n) is 16.7. The first-order chi connectivity index (χ1) is 54.8. The molecular formula is C80H89ClEu2N12O18S4-2. The number of carbonyl (C=O) groups is 10. The number of nitrogens with two attached hydrogens (primary N) is 1. The van der Waals surface area contributed by atoms with Crippen molar-refractivity contribution in [1.82, 2.24) is 54.7 Å². The number of unbranched alkanes of at least 4 members (excludes halogenated alkanes) is 6. The fourth-order valence-corrected chi connectivity index (χ4v) is 14.8. The molecule has 0 fully saturated rings. The van der Waals surface area contributed by atoms with Crippen LogP contribution in [-0.4, -0.2) is 187 Å². The molecule has 8 heterocycles. The van der Waals surface area contributed by atoms with Crippen molar-refractivity contribution in [1.29, 1.82) is 0 Å². The Labute approximate surface area is 781 Å². The fraction of sp³-hybridized carbons (Fsp3) is 0.375. The van der Waals surface area contributed by atoms with E-state index in [0.29, 0.717) is 109 Å². The summed E-state index contributed by atoms with van der Waals surface area (Å²) in [6.07, 6.45) is 6.94. The van der Waals surface area contributed by atoms with Gasteiger partial charge in [-0.15, -0.1) is 45.3 Å². The Morgan fingerprint density at radius 2 is 0.573 bits per heavy atom. The van der Waals surface area contributed by atoms with Crippen LogP contribution < -0.4 is 51.9 Å². The molecule has 8 aromatic rings. The molecule has 0 saturated heterocycles. The molecule has 1 amide bonds. The van der Waals surface area contributed by atoms with Crippen LogP contribution in [0.5, 0.6) is 0 Å². The van der Waals surface area contributed by atoms with E-state index in [2.05, 4.69) is 28.3 Å². The molecule has 0 aromatic carbocycles. The summed E-state index contributed by atoms with van der Waals surface area (Å²) in [5.74, 6) is -11.6. The molecule has 624 valence electrons. The van der Waals surface area contributed by atoms with Gasteiger partial charge in [0.15, 0.2) is 0 Å². The summed E-state index contributed by atoms with van der Waals surface area (Å²) in [6.45, 7) is 8.67. The summed E-state index contributed by atoms with van der Waals surface area (Å²) in [4.78, 5) is 145. The van der Waals surface area contributed by atoms with Crippen LogP contribution in [0.2, 0.25) is 0 Å². The molecule has 30 nitrogen and oxygen atoms in total. The van der Waals surface area contributed by atoms with Gasteiger partial charge in [0.25, 0.3) is 0 Å². The number of nitrogens with one attached hydrogen (secondary N) is 1.